The Labute approximate surface area is 141 Å². The van der Waals surface area contributed by atoms with Gasteiger partial charge in [0.25, 0.3) is 0 Å². The summed E-state index contributed by atoms with van der Waals surface area (Å²) in [6.07, 6.45) is 4.81. The second-order valence-corrected chi connectivity index (χ2v) is 6.11. The Balaban J connectivity index is 1.70. The van der Waals surface area contributed by atoms with Crippen LogP contribution in [0, 0.1) is 0 Å². The van der Waals surface area contributed by atoms with Crippen LogP contribution < -0.4 is 15.0 Å². The molecule has 0 atom stereocenters. The van der Waals surface area contributed by atoms with E-state index in [0.29, 0.717) is 6.61 Å². The maximum Gasteiger partial charge on any atom is 0.161 e. The van der Waals surface area contributed by atoms with Crippen molar-refractivity contribution in [2.75, 3.05) is 25.1 Å². The highest BCUT2D eigenvalue weighted by molar-refractivity contribution is 5.52. The Morgan fingerprint density at radius 2 is 2.21 bits per heavy atom. The molecular formula is C18H21N5O. The highest BCUT2D eigenvalue weighted by atomic mass is 16.5. The molecule has 0 fully saturated rings. The topological polar surface area (TPSA) is 54.7 Å². The van der Waals surface area contributed by atoms with Crippen molar-refractivity contribution >= 4 is 11.5 Å². The van der Waals surface area contributed by atoms with E-state index in [9.17, 15) is 0 Å². The van der Waals surface area contributed by atoms with E-state index in [1.54, 1.807) is 0 Å². The van der Waals surface area contributed by atoms with Crippen molar-refractivity contribution in [3.63, 3.8) is 0 Å². The number of rotatable bonds is 0. The lowest BCUT2D eigenvalue weighted by molar-refractivity contribution is 0.308. The summed E-state index contributed by atoms with van der Waals surface area (Å²) in [4.78, 5) is 6.95. The number of benzene rings is 1. The van der Waals surface area contributed by atoms with E-state index in [-0.39, 0.29) is 0 Å². The van der Waals surface area contributed by atoms with Crippen molar-refractivity contribution < 1.29 is 4.74 Å². The van der Waals surface area contributed by atoms with Crippen molar-refractivity contribution in [2.45, 2.75) is 19.5 Å². The molecule has 2 aromatic heterocycles. The van der Waals surface area contributed by atoms with Gasteiger partial charge in [-0.25, -0.2) is 9.50 Å². The van der Waals surface area contributed by atoms with Gasteiger partial charge in [0.05, 0.1) is 12.8 Å². The van der Waals surface area contributed by atoms with Crippen LogP contribution in [0.15, 0.2) is 42.7 Å². The monoisotopic (exact) mass is 323 g/mol. The van der Waals surface area contributed by atoms with Gasteiger partial charge in [0, 0.05) is 31.9 Å². The van der Waals surface area contributed by atoms with Gasteiger partial charge in [0.15, 0.2) is 5.65 Å². The SMILES string of the molecule is CN1Cc2cccc(c2)OCCCNCc2cnn3ccc1nc23. The molecule has 0 amide bonds. The molecule has 1 N–H and O–H groups in total. The summed E-state index contributed by atoms with van der Waals surface area (Å²) in [5, 5.41) is 7.82. The minimum Gasteiger partial charge on any atom is -0.494 e. The standard InChI is InChI=1S/C18H21N5O/c1-22-13-14-4-2-5-16(10-14)24-9-3-7-19-11-15-12-20-23-8-6-17(22)21-18(15)23/h2,4-6,8,10,12,19H,3,7,9,11,13H2,1H3. The third-order valence-electron chi connectivity index (χ3n) is 4.22. The van der Waals surface area contributed by atoms with Crippen molar-refractivity contribution in [1.29, 1.82) is 0 Å². The van der Waals surface area contributed by atoms with Crippen LogP contribution in [-0.4, -0.2) is 34.8 Å². The first-order valence-electron chi connectivity index (χ1n) is 8.26. The maximum absolute atomic E-state index is 5.86. The van der Waals surface area contributed by atoms with Crippen LogP contribution in [-0.2, 0) is 13.1 Å². The molecule has 6 nitrogen and oxygen atoms in total. The Morgan fingerprint density at radius 3 is 3.17 bits per heavy atom. The van der Waals surface area contributed by atoms with Crippen molar-refractivity contribution in [1.82, 2.24) is 19.9 Å². The number of hydrogen-bond acceptors (Lipinski definition) is 5. The van der Waals surface area contributed by atoms with Crippen LogP contribution in [0.1, 0.15) is 17.5 Å². The minimum atomic E-state index is 0.710. The molecule has 24 heavy (non-hydrogen) atoms. The van der Waals surface area contributed by atoms with Crippen LogP contribution in [0.25, 0.3) is 5.65 Å². The molecule has 0 radical (unpaired) electrons. The molecule has 3 heterocycles. The Bertz CT molecular complexity index is 844. The largest absolute Gasteiger partial charge is 0.494 e. The molecule has 0 unspecified atom stereocenters. The normalized spacial score (nSPS) is 15.8. The van der Waals surface area contributed by atoms with Crippen LogP contribution in [0.2, 0.25) is 0 Å². The van der Waals surface area contributed by atoms with E-state index in [1.165, 1.54) is 5.56 Å². The number of ether oxygens (including phenoxy) is 1. The molecule has 124 valence electrons. The van der Waals surface area contributed by atoms with E-state index < -0.39 is 0 Å². The van der Waals surface area contributed by atoms with Crippen LogP contribution in [0.4, 0.5) is 5.82 Å². The summed E-state index contributed by atoms with van der Waals surface area (Å²) in [5.41, 5.74) is 3.23. The highest BCUT2D eigenvalue weighted by Crippen LogP contribution is 2.19. The number of anilines is 1. The molecule has 0 saturated carbocycles. The second-order valence-electron chi connectivity index (χ2n) is 6.11. The van der Waals surface area contributed by atoms with Crippen molar-refractivity contribution in [3.8, 4) is 5.75 Å². The van der Waals surface area contributed by atoms with Gasteiger partial charge in [-0.3, -0.25) is 0 Å². The zero-order chi connectivity index (χ0) is 16.4. The zero-order valence-electron chi connectivity index (χ0n) is 13.8. The predicted octanol–water partition coefficient (Wildman–Crippen LogP) is 2.24. The van der Waals surface area contributed by atoms with Crippen LogP contribution in [0.5, 0.6) is 5.75 Å². The molecule has 4 bridgehead atoms. The van der Waals surface area contributed by atoms with E-state index in [2.05, 4.69) is 34.5 Å². The number of hydrogen-bond donors (Lipinski definition) is 1. The third-order valence-corrected chi connectivity index (χ3v) is 4.22. The average molecular weight is 323 g/mol. The lowest BCUT2D eigenvalue weighted by Crippen LogP contribution is -2.18. The van der Waals surface area contributed by atoms with E-state index in [1.807, 2.05) is 35.1 Å². The van der Waals surface area contributed by atoms with Crippen molar-refractivity contribution in [3.05, 3.63) is 53.9 Å². The first-order chi connectivity index (χ1) is 11.8. The Hall–Kier alpha value is -2.60. The van der Waals surface area contributed by atoms with Gasteiger partial charge in [-0.15, -0.1) is 0 Å². The number of nitrogens with one attached hydrogen (secondary N) is 1. The fourth-order valence-electron chi connectivity index (χ4n) is 2.94. The van der Waals surface area contributed by atoms with Gasteiger partial charge >= 0.3 is 0 Å². The molecule has 0 aliphatic carbocycles. The van der Waals surface area contributed by atoms with Gasteiger partial charge < -0.3 is 15.0 Å². The van der Waals surface area contributed by atoms with Crippen LogP contribution >= 0.6 is 0 Å². The smallest absolute Gasteiger partial charge is 0.161 e. The average Bonchev–Trinajstić information content (AvgIpc) is 3.00. The summed E-state index contributed by atoms with van der Waals surface area (Å²) in [6.45, 7) is 3.15. The van der Waals surface area contributed by atoms with E-state index in [4.69, 9.17) is 9.72 Å². The van der Waals surface area contributed by atoms with Crippen molar-refractivity contribution in [2.24, 2.45) is 0 Å². The molecule has 1 aliphatic heterocycles. The summed E-state index contributed by atoms with van der Waals surface area (Å²) >= 11 is 0. The maximum atomic E-state index is 5.86. The highest BCUT2D eigenvalue weighted by Gasteiger charge is 2.10. The van der Waals surface area contributed by atoms with Gasteiger partial charge in [-0.1, -0.05) is 12.1 Å². The molecule has 4 rings (SSSR count). The number of aromatic nitrogens is 3. The lowest BCUT2D eigenvalue weighted by atomic mass is 10.2. The third kappa shape index (κ3) is 3.05. The summed E-state index contributed by atoms with van der Waals surface area (Å²) in [5.74, 6) is 1.86. The molecule has 3 aromatic rings. The fraction of sp³-hybridized carbons (Fsp3) is 0.333. The first-order valence-corrected chi connectivity index (χ1v) is 8.26. The van der Waals surface area contributed by atoms with Gasteiger partial charge in [-0.2, -0.15) is 5.10 Å². The van der Waals surface area contributed by atoms with Gasteiger partial charge in [0.1, 0.15) is 11.6 Å². The molecule has 1 aliphatic rings. The zero-order valence-corrected chi connectivity index (χ0v) is 13.8. The predicted molar refractivity (Wildman–Crippen MR) is 93.4 cm³/mol. The Kier molecular flexibility index (Phi) is 4.04. The Morgan fingerprint density at radius 1 is 1.25 bits per heavy atom. The van der Waals surface area contributed by atoms with E-state index in [0.717, 1.165) is 48.8 Å². The molecular weight excluding hydrogens is 302 g/mol. The summed E-state index contributed by atoms with van der Waals surface area (Å²) in [6, 6.07) is 10.3. The second kappa shape index (κ2) is 6.49. The molecule has 0 saturated heterocycles. The lowest BCUT2D eigenvalue weighted by Gasteiger charge is -2.19. The van der Waals surface area contributed by atoms with Crippen LogP contribution in [0.3, 0.4) is 0 Å². The first kappa shape index (κ1) is 15.0. The summed E-state index contributed by atoms with van der Waals surface area (Å²) < 4.78 is 7.69. The van der Waals surface area contributed by atoms with Gasteiger partial charge in [-0.05, 0) is 36.7 Å². The molecule has 6 heteroatoms. The fourth-order valence-corrected chi connectivity index (χ4v) is 2.94. The number of nitrogens with zero attached hydrogens (tertiary/aromatic N) is 4. The quantitative estimate of drug-likeness (QED) is 0.687. The van der Waals surface area contributed by atoms with E-state index >= 15 is 0 Å². The van der Waals surface area contributed by atoms with Gasteiger partial charge in [0.2, 0.25) is 0 Å². The minimum absolute atomic E-state index is 0.710. The summed E-state index contributed by atoms with van der Waals surface area (Å²) in [7, 11) is 2.05. The number of fused-ring (bicyclic) bond motifs is 3. The molecule has 1 aromatic carbocycles. The molecule has 0 spiro atoms.